The standard InChI is InChI=1S/C19H21ClN4O3/c1-11-15(16-18(27-11)22-10-24(4)19(16)26)17(25)21-9-14(23(2)3)12-7-5-6-8-13(12)20/h5-8,10,14H,9H2,1-4H3,(H,21,25)/t14-/m1/s1. The van der Waals surface area contributed by atoms with Crippen LogP contribution >= 0.6 is 11.6 Å². The largest absolute Gasteiger partial charge is 0.442 e. The van der Waals surface area contributed by atoms with E-state index in [4.69, 9.17) is 16.0 Å². The smallest absolute Gasteiger partial charge is 0.265 e. The molecule has 8 heteroatoms. The number of carbonyl (C=O) groups is 1. The second-order valence-corrected chi connectivity index (χ2v) is 6.99. The maximum Gasteiger partial charge on any atom is 0.265 e. The van der Waals surface area contributed by atoms with Crippen molar-refractivity contribution in [1.82, 2.24) is 19.8 Å². The number of benzene rings is 1. The van der Waals surface area contributed by atoms with Crippen LogP contribution in [0.15, 0.2) is 39.8 Å². The minimum Gasteiger partial charge on any atom is -0.442 e. The van der Waals surface area contributed by atoms with Gasteiger partial charge in [0.15, 0.2) is 0 Å². The molecule has 1 atom stereocenters. The third-order valence-corrected chi connectivity index (χ3v) is 4.86. The summed E-state index contributed by atoms with van der Waals surface area (Å²) in [4.78, 5) is 31.3. The molecule has 142 valence electrons. The third kappa shape index (κ3) is 3.61. The molecule has 0 fully saturated rings. The molecule has 2 heterocycles. The summed E-state index contributed by atoms with van der Waals surface area (Å²) < 4.78 is 6.82. The van der Waals surface area contributed by atoms with Crippen LogP contribution in [0.2, 0.25) is 5.02 Å². The topological polar surface area (TPSA) is 80.4 Å². The van der Waals surface area contributed by atoms with Gasteiger partial charge in [-0.2, -0.15) is 0 Å². The van der Waals surface area contributed by atoms with Gasteiger partial charge in [-0.3, -0.25) is 9.59 Å². The lowest BCUT2D eigenvalue weighted by Crippen LogP contribution is -2.35. The first kappa shape index (κ1) is 19.1. The lowest BCUT2D eigenvalue weighted by molar-refractivity contribution is 0.0941. The van der Waals surface area contributed by atoms with Gasteiger partial charge < -0.3 is 19.2 Å². The molecule has 0 aliphatic rings. The van der Waals surface area contributed by atoms with Gasteiger partial charge >= 0.3 is 0 Å². The molecule has 0 saturated carbocycles. The Morgan fingerprint density at radius 3 is 2.74 bits per heavy atom. The number of hydrogen-bond donors (Lipinski definition) is 1. The van der Waals surface area contributed by atoms with Crippen LogP contribution in [0.5, 0.6) is 0 Å². The first-order valence-corrected chi connectivity index (χ1v) is 8.82. The summed E-state index contributed by atoms with van der Waals surface area (Å²) in [5, 5.41) is 3.72. The molecular formula is C19H21ClN4O3. The van der Waals surface area contributed by atoms with Crippen molar-refractivity contribution in [2.45, 2.75) is 13.0 Å². The number of hydrogen-bond acceptors (Lipinski definition) is 5. The number of fused-ring (bicyclic) bond motifs is 1. The maximum atomic E-state index is 12.8. The normalized spacial score (nSPS) is 12.5. The highest BCUT2D eigenvalue weighted by Gasteiger charge is 2.24. The Kier molecular flexibility index (Phi) is 5.34. The molecule has 3 rings (SSSR count). The zero-order valence-electron chi connectivity index (χ0n) is 15.6. The van der Waals surface area contributed by atoms with Crippen LogP contribution in [-0.4, -0.2) is 41.0 Å². The number of likely N-dealkylation sites (N-methyl/N-ethyl adjacent to an activating group) is 1. The van der Waals surface area contributed by atoms with Crippen LogP contribution in [0, 0.1) is 6.92 Å². The van der Waals surface area contributed by atoms with Gasteiger partial charge in [0.25, 0.3) is 11.5 Å². The highest BCUT2D eigenvalue weighted by molar-refractivity contribution is 6.31. The molecule has 1 amide bonds. The summed E-state index contributed by atoms with van der Waals surface area (Å²) in [5.74, 6) is -0.0206. The van der Waals surface area contributed by atoms with Crippen molar-refractivity contribution in [3.63, 3.8) is 0 Å². The zero-order chi connectivity index (χ0) is 19.7. The molecule has 0 unspecified atom stereocenters. The zero-order valence-corrected chi connectivity index (χ0v) is 16.4. The molecule has 0 aliphatic carbocycles. The quantitative estimate of drug-likeness (QED) is 0.726. The van der Waals surface area contributed by atoms with E-state index in [1.54, 1.807) is 14.0 Å². The van der Waals surface area contributed by atoms with Crippen molar-refractivity contribution in [2.24, 2.45) is 7.05 Å². The van der Waals surface area contributed by atoms with Crippen molar-refractivity contribution < 1.29 is 9.21 Å². The van der Waals surface area contributed by atoms with Gasteiger partial charge in [-0.1, -0.05) is 29.8 Å². The van der Waals surface area contributed by atoms with E-state index in [0.717, 1.165) is 5.56 Å². The van der Waals surface area contributed by atoms with E-state index in [-0.39, 0.29) is 34.2 Å². The molecule has 2 aromatic heterocycles. The predicted octanol–water partition coefficient (Wildman–Crippen LogP) is 2.52. The number of aryl methyl sites for hydroxylation is 2. The van der Waals surface area contributed by atoms with E-state index in [9.17, 15) is 9.59 Å². The summed E-state index contributed by atoms with van der Waals surface area (Å²) in [7, 11) is 5.41. The Morgan fingerprint density at radius 2 is 2.07 bits per heavy atom. The van der Waals surface area contributed by atoms with E-state index in [1.165, 1.54) is 10.9 Å². The van der Waals surface area contributed by atoms with Gasteiger partial charge in [0, 0.05) is 18.6 Å². The molecule has 0 spiro atoms. The molecule has 1 aromatic carbocycles. The number of furan rings is 1. The van der Waals surface area contributed by atoms with E-state index in [0.29, 0.717) is 17.3 Å². The van der Waals surface area contributed by atoms with Crippen molar-refractivity contribution in [3.8, 4) is 0 Å². The van der Waals surface area contributed by atoms with Gasteiger partial charge in [0.05, 0.1) is 11.6 Å². The molecule has 0 saturated heterocycles. The van der Waals surface area contributed by atoms with Gasteiger partial charge in [0.2, 0.25) is 5.71 Å². The number of halogens is 1. The number of aromatic nitrogens is 2. The molecule has 0 bridgehead atoms. The van der Waals surface area contributed by atoms with Crippen LogP contribution in [0.1, 0.15) is 27.7 Å². The summed E-state index contributed by atoms with van der Waals surface area (Å²) >= 11 is 6.31. The van der Waals surface area contributed by atoms with E-state index in [2.05, 4.69) is 10.3 Å². The van der Waals surface area contributed by atoms with Gasteiger partial charge in [-0.05, 0) is 32.6 Å². The highest BCUT2D eigenvalue weighted by Crippen LogP contribution is 2.26. The number of rotatable bonds is 5. The average molecular weight is 389 g/mol. The first-order chi connectivity index (χ1) is 12.8. The highest BCUT2D eigenvalue weighted by atomic mass is 35.5. The summed E-state index contributed by atoms with van der Waals surface area (Å²) in [6.07, 6.45) is 1.37. The average Bonchev–Trinajstić information content (AvgIpc) is 2.96. The van der Waals surface area contributed by atoms with E-state index >= 15 is 0 Å². The second-order valence-electron chi connectivity index (χ2n) is 6.58. The van der Waals surface area contributed by atoms with Crippen molar-refractivity contribution in [1.29, 1.82) is 0 Å². The number of nitrogens with zero attached hydrogens (tertiary/aromatic N) is 3. The maximum absolute atomic E-state index is 12.8. The molecule has 7 nitrogen and oxygen atoms in total. The van der Waals surface area contributed by atoms with Crippen LogP contribution in [0.4, 0.5) is 0 Å². The van der Waals surface area contributed by atoms with Crippen molar-refractivity contribution >= 4 is 28.6 Å². The predicted molar refractivity (Wildman–Crippen MR) is 104 cm³/mol. The third-order valence-electron chi connectivity index (χ3n) is 4.52. The van der Waals surface area contributed by atoms with E-state index in [1.807, 2.05) is 43.3 Å². The molecule has 0 radical (unpaired) electrons. The van der Waals surface area contributed by atoms with Crippen LogP contribution < -0.4 is 10.9 Å². The number of nitrogens with one attached hydrogen (secondary N) is 1. The minimum atomic E-state index is -0.379. The SMILES string of the molecule is Cc1oc2ncn(C)c(=O)c2c1C(=O)NC[C@H](c1ccccc1Cl)N(C)C. The number of carbonyl (C=O) groups excluding carboxylic acids is 1. The van der Waals surface area contributed by atoms with Crippen LogP contribution in [-0.2, 0) is 7.05 Å². The van der Waals surface area contributed by atoms with Crippen molar-refractivity contribution in [2.75, 3.05) is 20.6 Å². The molecule has 3 aromatic rings. The molecular weight excluding hydrogens is 368 g/mol. The lowest BCUT2D eigenvalue weighted by Gasteiger charge is -2.26. The molecule has 27 heavy (non-hydrogen) atoms. The Balaban J connectivity index is 1.91. The number of amides is 1. The summed E-state index contributed by atoms with van der Waals surface area (Å²) in [5.41, 5.74) is 0.972. The summed E-state index contributed by atoms with van der Waals surface area (Å²) in [6, 6.07) is 7.39. The first-order valence-electron chi connectivity index (χ1n) is 8.45. The van der Waals surface area contributed by atoms with Gasteiger partial charge in [0.1, 0.15) is 17.5 Å². The van der Waals surface area contributed by atoms with Crippen LogP contribution in [0.25, 0.3) is 11.1 Å². The van der Waals surface area contributed by atoms with Crippen molar-refractivity contribution in [3.05, 3.63) is 62.9 Å². The van der Waals surface area contributed by atoms with E-state index < -0.39 is 0 Å². The lowest BCUT2D eigenvalue weighted by atomic mass is 10.1. The molecule has 0 aliphatic heterocycles. The Bertz CT molecular complexity index is 1050. The minimum absolute atomic E-state index is 0.123. The fourth-order valence-electron chi connectivity index (χ4n) is 3.05. The van der Waals surface area contributed by atoms with Gasteiger partial charge in [-0.25, -0.2) is 4.98 Å². The van der Waals surface area contributed by atoms with Crippen LogP contribution in [0.3, 0.4) is 0 Å². The van der Waals surface area contributed by atoms with Gasteiger partial charge in [-0.15, -0.1) is 0 Å². The fourth-order valence-corrected chi connectivity index (χ4v) is 3.32. The fraction of sp³-hybridized carbons (Fsp3) is 0.316. The molecule has 1 N–H and O–H groups in total. The Morgan fingerprint density at radius 1 is 1.37 bits per heavy atom. The Labute approximate surface area is 161 Å². The monoisotopic (exact) mass is 388 g/mol. The second kappa shape index (κ2) is 7.54. The Hall–Kier alpha value is -2.64. The summed E-state index contributed by atoms with van der Waals surface area (Å²) in [6.45, 7) is 1.97.